The summed E-state index contributed by atoms with van der Waals surface area (Å²) in [7, 11) is 0. The minimum absolute atomic E-state index is 0.316. The number of amides is 1. The molecule has 0 aliphatic heterocycles. The molecule has 0 aliphatic rings. The predicted octanol–water partition coefficient (Wildman–Crippen LogP) is 1.64. The first-order chi connectivity index (χ1) is 8.70. The Morgan fingerprint density at radius 2 is 2.56 bits per heavy atom. The number of furan rings is 1. The highest BCUT2D eigenvalue weighted by Crippen LogP contribution is 2.20. The summed E-state index contributed by atoms with van der Waals surface area (Å²) in [4.78, 5) is 16.4. The van der Waals surface area contributed by atoms with E-state index in [0.29, 0.717) is 27.9 Å². The number of hydrogen-bond acceptors (Lipinski definition) is 6. The van der Waals surface area contributed by atoms with Crippen molar-refractivity contribution in [3.63, 3.8) is 0 Å². The van der Waals surface area contributed by atoms with E-state index in [1.54, 1.807) is 12.1 Å². The first kappa shape index (κ1) is 12.3. The molecule has 3 N–H and O–H groups in total. The third-order valence-corrected chi connectivity index (χ3v) is 3.08. The molecule has 0 atom stereocenters. The summed E-state index contributed by atoms with van der Waals surface area (Å²) in [6.07, 6.45) is 3.61. The average Bonchev–Trinajstić information content (AvgIpc) is 2.98. The number of nitrogens with two attached hydrogens (primary N) is 1. The molecule has 1 amide bonds. The molecule has 0 aliphatic carbocycles. The van der Waals surface area contributed by atoms with Crippen molar-refractivity contribution in [2.24, 2.45) is 5.10 Å². The van der Waals surface area contributed by atoms with Gasteiger partial charge in [0.05, 0.1) is 18.2 Å². The number of anilines is 1. The second kappa shape index (κ2) is 5.46. The van der Waals surface area contributed by atoms with Gasteiger partial charge in [0.2, 0.25) is 0 Å². The Balaban J connectivity index is 2.03. The molecular formula is C11H12N4O2S. The molecule has 0 unspecified atom stereocenters. The number of nitrogen functional groups attached to an aromatic ring is 1. The fourth-order valence-electron chi connectivity index (χ4n) is 1.36. The Morgan fingerprint density at radius 1 is 1.72 bits per heavy atom. The van der Waals surface area contributed by atoms with Gasteiger partial charge in [-0.15, -0.1) is 0 Å². The van der Waals surface area contributed by atoms with Crippen LogP contribution >= 0.6 is 11.3 Å². The lowest BCUT2D eigenvalue weighted by molar-refractivity contribution is 0.0958. The molecule has 0 spiro atoms. The van der Waals surface area contributed by atoms with Gasteiger partial charge in [0, 0.05) is 0 Å². The highest BCUT2D eigenvalue weighted by atomic mass is 32.1. The number of thiazole rings is 1. The van der Waals surface area contributed by atoms with Crippen molar-refractivity contribution in [1.29, 1.82) is 0 Å². The number of aryl methyl sites for hydroxylation is 1. The van der Waals surface area contributed by atoms with E-state index in [0.717, 1.165) is 11.3 Å². The molecule has 0 aromatic carbocycles. The number of aromatic nitrogens is 1. The summed E-state index contributed by atoms with van der Waals surface area (Å²) in [5, 5.41) is 4.18. The number of hydrazone groups is 1. The molecule has 2 rings (SSSR count). The first-order valence-electron chi connectivity index (χ1n) is 5.32. The highest BCUT2D eigenvalue weighted by Gasteiger charge is 2.15. The van der Waals surface area contributed by atoms with Crippen LogP contribution < -0.4 is 11.2 Å². The lowest BCUT2D eigenvalue weighted by Gasteiger charge is -1.97. The van der Waals surface area contributed by atoms with E-state index < -0.39 is 0 Å². The third kappa shape index (κ3) is 2.75. The predicted molar refractivity (Wildman–Crippen MR) is 69.7 cm³/mol. The van der Waals surface area contributed by atoms with Crippen LogP contribution in [0.25, 0.3) is 0 Å². The van der Waals surface area contributed by atoms with Crippen LogP contribution in [0.3, 0.4) is 0 Å². The lowest BCUT2D eigenvalue weighted by atomic mass is 10.3. The van der Waals surface area contributed by atoms with Gasteiger partial charge in [-0.2, -0.15) is 5.10 Å². The molecule has 2 aromatic heterocycles. The number of hydrogen-bond donors (Lipinski definition) is 2. The van der Waals surface area contributed by atoms with Crippen molar-refractivity contribution in [3.8, 4) is 0 Å². The minimum Gasteiger partial charge on any atom is -0.463 e. The molecule has 7 heteroatoms. The van der Waals surface area contributed by atoms with Gasteiger partial charge in [-0.25, -0.2) is 10.4 Å². The van der Waals surface area contributed by atoms with Gasteiger partial charge in [0.1, 0.15) is 10.6 Å². The van der Waals surface area contributed by atoms with Gasteiger partial charge < -0.3 is 10.2 Å². The molecule has 0 saturated carbocycles. The molecule has 0 saturated heterocycles. The highest BCUT2D eigenvalue weighted by molar-refractivity contribution is 7.17. The monoisotopic (exact) mass is 264 g/mol. The summed E-state index contributed by atoms with van der Waals surface area (Å²) < 4.78 is 5.04. The maximum Gasteiger partial charge on any atom is 0.283 e. The third-order valence-electron chi connectivity index (χ3n) is 2.16. The molecular weight excluding hydrogens is 252 g/mol. The maximum atomic E-state index is 11.8. The van der Waals surface area contributed by atoms with Crippen LogP contribution in [0.15, 0.2) is 27.9 Å². The van der Waals surface area contributed by atoms with Crippen molar-refractivity contribution in [2.75, 3.05) is 5.73 Å². The summed E-state index contributed by atoms with van der Waals surface area (Å²) in [6.45, 7) is 1.91. The topological polar surface area (TPSA) is 93.5 Å². The van der Waals surface area contributed by atoms with Crippen molar-refractivity contribution < 1.29 is 9.21 Å². The van der Waals surface area contributed by atoms with Crippen LogP contribution in [-0.4, -0.2) is 17.1 Å². The smallest absolute Gasteiger partial charge is 0.283 e. The van der Waals surface area contributed by atoms with Crippen molar-refractivity contribution in [1.82, 2.24) is 10.4 Å². The molecule has 6 nitrogen and oxygen atoms in total. The fourth-order valence-corrected chi connectivity index (χ4v) is 2.17. The quantitative estimate of drug-likeness (QED) is 0.648. The largest absolute Gasteiger partial charge is 0.463 e. The fraction of sp³-hybridized carbons (Fsp3) is 0.182. The number of nitrogens with one attached hydrogen (secondary N) is 1. The number of nitrogens with zero attached hydrogens (tertiary/aromatic N) is 2. The summed E-state index contributed by atoms with van der Waals surface area (Å²) in [5.74, 6) is 0.249. The Morgan fingerprint density at radius 3 is 3.22 bits per heavy atom. The lowest BCUT2D eigenvalue weighted by Crippen LogP contribution is -2.17. The molecule has 2 heterocycles. The molecule has 0 fully saturated rings. The van der Waals surface area contributed by atoms with Crippen LogP contribution in [0, 0.1) is 0 Å². The molecule has 18 heavy (non-hydrogen) atoms. The minimum atomic E-state index is -0.316. The van der Waals surface area contributed by atoms with Crippen LogP contribution in [0.1, 0.15) is 28.0 Å². The van der Waals surface area contributed by atoms with E-state index in [1.165, 1.54) is 12.5 Å². The summed E-state index contributed by atoms with van der Waals surface area (Å²) in [6, 6.07) is 3.47. The Hall–Kier alpha value is -2.15. The summed E-state index contributed by atoms with van der Waals surface area (Å²) >= 11 is 1.15. The molecule has 94 valence electrons. The van der Waals surface area contributed by atoms with Crippen LogP contribution in [0.5, 0.6) is 0 Å². The van der Waals surface area contributed by atoms with Gasteiger partial charge in [0.25, 0.3) is 5.91 Å². The molecule has 0 bridgehead atoms. The van der Waals surface area contributed by atoms with Gasteiger partial charge >= 0.3 is 0 Å². The van der Waals surface area contributed by atoms with Crippen LogP contribution in [0.2, 0.25) is 0 Å². The van der Waals surface area contributed by atoms with Gasteiger partial charge in [-0.05, 0) is 18.6 Å². The Kier molecular flexibility index (Phi) is 3.73. The van der Waals surface area contributed by atoms with E-state index in [-0.39, 0.29) is 5.91 Å². The normalized spacial score (nSPS) is 10.9. The Bertz CT molecular complexity index is 560. The Labute approximate surface area is 108 Å². The number of rotatable bonds is 4. The van der Waals surface area contributed by atoms with Crippen LogP contribution in [-0.2, 0) is 6.42 Å². The van der Waals surface area contributed by atoms with E-state index in [4.69, 9.17) is 10.2 Å². The van der Waals surface area contributed by atoms with E-state index in [9.17, 15) is 4.79 Å². The second-order valence-corrected chi connectivity index (χ2v) is 4.43. The zero-order chi connectivity index (χ0) is 13.0. The first-order valence-corrected chi connectivity index (χ1v) is 6.14. The average molecular weight is 264 g/mol. The van der Waals surface area contributed by atoms with E-state index >= 15 is 0 Å². The van der Waals surface area contributed by atoms with Crippen molar-refractivity contribution in [2.45, 2.75) is 13.3 Å². The summed E-state index contributed by atoms with van der Waals surface area (Å²) in [5.41, 5.74) is 8.67. The standard InChI is InChI=1S/C11H12N4O2S/c1-2-8-9(18-11(12)14-8)10(16)15-13-6-7-4-3-5-17-7/h3-6H,2H2,1H3,(H2,12,14)(H,15,16)/b13-6-. The van der Waals surface area contributed by atoms with Gasteiger partial charge in [-0.3, -0.25) is 4.79 Å². The number of carbonyl (C=O) groups excluding carboxylic acids is 1. The zero-order valence-electron chi connectivity index (χ0n) is 9.71. The van der Waals surface area contributed by atoms with Gasteiger partial charge in [-0.1, -0.05) is 18.3 Å². The van der Waals surface area contributed by atoms with Gasteiger partial charge in [0.15, 0.2) is 5.13 Å². The zero-order valence-corrected chi connectivity index (χ0v) is 10.5. The number of carbonyl (C=O) groups is 1. The maximum absolute atomic E-state index is 11.8. The van der Waals surface area contributed by atoms with Crippen LogP contribution in [0.4, 0.5) is 5.13 Å². The SMILES string of the molecule is CCc1nc(N)sc1C(=O)N/N=C\c1ccco1. The second-order valence-electron chi connectivity index (χ2n) is 3.40. The molecule has 0 radical (unpaired) electrons. The van der Waals surface area contributed by atoms with E-state index in [2.05, 4.69) is 15.5 Å². The molecule has 2 aromatic rings. The van der Waals surface area contributed by atoms with Crippen molar-refractivity contribution >= 4 is 28.6 Å². The van der Waals surface area contributed by atoms with Crippen molar-refractivity contribution in [3.05, 3.63) is 34.7 Å². The van der Waals surface area contributed by atoms with E-state index in [1.807, 2.05) is 6.92 Å².